The van der Waals surface area contributed by atoms with Crippen LogP contribution in [0, 0.1) is 6.92 Å². The van der Waals surface area contributed by atoms with Crippen LogP contribution in [0.15, 0.2) is 54.6 Å². The van der Waals surface area contributed by atoms with E-state index in [-0.39, 0.29) is 17.2 Å². The van der Waals surface area contributed by atoms with E-state index in [2.05, 4.69) is 6.58 Å². The topological polar surface area (TPSA) is 60.7 Å². The van der Waals surface area contributed by atoms with E-state index in [9.17, 15) is 15.3 Å². The minimum Gasteiger partial charge on any atom is -0.508 e. The van der Waals surface area contributed by atoms with Crippen LogP contribution in [0.4, 0.5) is 0 Å². The van der Waals surface area contributed by atoms with Gasteiger partial charge in [0.05, 0.1) is 0 Å². The summed E-state index contributed by atoms with van der Waals surface area (Å²) < 4.78 is 0. The van der Waals surface area contributed by atoms with Crippen LogP contribution in [0.2, 0.25) is 0 Å². The van der Waals surface area contributed by atoms with Crippen LogP contribution < -0.4 is 0 Å². The molecule has 0 saturated carbocycles. The molecule has 0 spiro atoms. The Hall–Kier alpha value is -2.94. The van der Waals surface area contributed by atoms with E-state index in [0.29, 0.717) is 23.1 Å². The number of phenolic OH excluding ortho intramolecular Hbond substituents is 3. The maximum atomic E-state index is 10.7. The zero-order chi connectivity index (χ0) is 18.6. The van der Waals surface area contributed by atoms with Crippen molar-refractivity contribution in [2.75, 3.05) is 0 Å². The quantitative estimate of drug-likeness (QED) is 0.510. The molecule has 0 atom stereocenters. The van der Waals surface area contributed by atoms with Crippen molar-refractivity contribution < 1.29 is 15.3 Å². The van der Waals surface area contributed by atoms with Crippen LogP contribution in [0.5, 0.6) is 17.2 Å². The summed E-state index contributed by atoms with van der Waals surface area (Å²) in [7, 11) is 0. The van der Waals surface area contributed by atoms with Crippen molar-refractivity contribution in [3.8, 4) is 17.2 Å². The Kier molecular flexibility index (Phi) is 5.71. The first-order valence-electron chi connectivity index (χ1n) is 8.13. The second-order valence-electron chi connectivity index (χ2n) is 6.35. The second kappa shape index (κ2) is 7.75. The molecule has 0 aliphatic heterocycles. The molecule has 0 aliphatic rings. The number of allylic oxidation sites excluding steroid dienone is 4. The minimum absolute atomic E-state index is 0.0651. The van der Waals surface area contributed by atoms with Crippen molar-refractivity contribution in [2.45, 2.75) is 27.2 Å². The maximum Gasteiger partial charge on any atom is 0.130 e. The summed E-state index contributed by atoms with van der Waals surface area (Å²) in [6, 6.07) is 8.47. The maximum absolute atomic E-state index is 10.7. The highest BCUT2D eigenvalue weighted by Gasteiger charge is 2.15. The Bertz CT molecular complexity index is 837. The van der Waals surface area contributed by atoms with E-state index in [0.717, 1.165) is 16.7 Å². The first-order chi connectivity index (χ1) is 11.8. The van der Waals surface area contributed by atoms with Gasteiger partial charge in [0.25, 0.3) is 0 Å². The van der Waals surface area contributed by atoms with Crippen LogP contribution >= 0.6 is 0 Å². The van der Waals surface area contributed by atoms with Gasteiger partial charge in [-0.25, -0.2) is 0 Å². The number of aryl methyl sites for hydroxylation is 1. The summed E-state index contributed by atoms with van der Waals surface area (Å²) in [6.07, 6.45) is 6.10. The third-order valence-electron chi connectivity index (χ3n) is 3.99. The third-order valence-corrected chi connectivity index (χ3v) is 3.99. The average Bonchev–Trinajstić information content (AvgIpc) is 2.53. The van der Waals surface area contributed by atoms with Gasteiger partial charge in [0.1, 0.15) is 17.2 Å². The molecule has 3 N–H and O–H groups in total. The van der Waals surface area contributed by atoms with Crippen molar-refractivity contribution in [2.24, 2.45) is 0 Å². The highest BCUT2D eigenvalue weighted by molar-refractivity contribution is 5.83. The molecule has 0 fully saturated rings. The van der Waals surface area contributed by atoms with Gasteiger partial charge in [-0.3, -0.25) is 0 Å². The molecule has 0 unspecified atom stereocenters. The van der Waals surface area contributed by atoms with E-state index in [1.807, 2.05) is 39.0 Å². The van der Waals surface area contributed by atoms with Gasteiger partial charge in [0.15, 0.2) is 0 Å². The van der Waals surface area contributed by atoms with Crippen LogP contribution in [0.25, 0.3) is 11.6 Å². The Balaban J connectivity index is 2.37. The zero-order valence-electron chi connectivity index (χ0n) is 14.9. The molecule has 0 radical (unpaired) electrons. The van der Waals surface area contributed by atoms with Gasteiger partial charge in [-0.1, -0.05) is 42.5 Å². The molecule has 0 aromatic heterocycles. The van der Waals surface area contributed by atoms with Gasteiger partial charge < -0.3 is 15.3 Å². The largest absolute Gasteiger partial charge is 0.508 e. The van der Waals surface area contributed by atoms with Crippen molar-refractivity contribution >= 4 is 11.6 Å². The predicted octanol–water partition coefficient (Wildman–Crippen LogP) is 5.35. The lowest BCUT2D eigenvalue weighted by atomic mass is 9.94. The molecule has 0 heterocycles. The molecule has 2 aromatic carbocycles. The van der Waals surface area contributed by atoms with Gasteiger partial charge in [0.2, 0.25) is 0 Å². The molecule has 0 bridgehead atoms. The lowest BCUT2D eigenvalue weighted by Gasteiger charge is -2.14. The van der Waals surface area contributed by atoms with Gasteiger partial charge in [-0.2, -0.15) is 0 Å². The number of benzene rings is 2. The Morgan fingerprint density at radius 2 is 1.72 bits per heavy atom. The van der Waals surface area contributed by atoms with Gasteiger partial charge >= 0.3 is 0 Å². The normalized spacial score (nSPS) is 10.8. The molecular formula is C22H24O3. The summed E-state index contributed by atoms with van der Waals surface area (Å²) in [5, 5.41) is 30.1. The molecule has 0 aliphatic carbocycles. The lowest BCUT2D eigenvalue weighted by Crippen LogP contribution is -1.94. The van der Waals surface area contributed by atoms with E-state index in [1.54, 1.807) is 30.3 Å². The first kappa shape index (κ1) is 18.4. The smallest absolute Gasteiger partial charge is 0.130 e. The first-order valence-corrected chi connectivity index (χ1v) is 8.13. The van der Waals surface area contributed by atoms with E-state index < -0.39 is 0 Å². The summed E-state index contributed by atoms with van der Waals surface area (Å²) in [5.41, 5.74) is 4.58. The van der Waals surface area contributed by atoms with Gasteiger partial charge in [-0.15, -0.1) is 0 Å². The second-order valence-corrected chi connectivity index (χ2v) is 6.35. The van der Waals surface area contributed by atoms with E-state index >= 15 is 0 Å². The fourth-order valence-corrected chi connectivity index (χ4v) is 2.60. The molecule has 2 rings (SSSR count). The van der Waals surface area contributed by atoms with E-state index in [1.165, 1.54) is 0 Å². The molecule has 130 valence electrons. The number of aromatic hydroxyl groups is 3. The number of hydrogen-bond donors (Lipinski definition) is 3. The lowest BCUT2D eigenvalue weighted by molar-refractivity contribution is 0.439. The Labute approximate surface area is 148 Å². The highest BCUT2D eigenvalue weighted by Crippen LogP contribution is 2.38. The Morgan fingerprint density at radius 1 is 1.08 bits per heavy atom. The molecule has 3 nitrogen and oxygen atoms in total. The van der Waals surface area contributed by atoms with Crippen LogP contribution in [-0.4, -0.2) is 15.3 Å². The molecule has 0 amide bonds. The molecule has 25 heavy (non-hydrogen) atoms. The fourth-order valence-electron chi connectivity index (χ4n) is 2.60. The summed E-state index contributed by atoms with van der Waals surface area (Å²) in [6.45, 7) is 9.83. The van der Waals surface area contributed by atoms with Crippen molar-refractivity contribution in [1.82, 2.24) is 0 Å². The van der Waals surface area contributed by atoms with Crippen molar-refractivity contribution in [1.29, 1.82) is 0 Å². The summed E-state index contributed by atoms with van der Waals surface area (Å²) in [5.74, 6) is 0.369. The molecular weight excluding hydrogens is 312 g/mol. The molecule has 0 saturated heterocycles. The highest BCUT2D eigenvalue weighted by atomic mass is 16.3. The van der Waals surface area contributed by atoms with Gasteiger partial charge in [0, 0.05) is 11.1 Å². The number of rotatable bonds is 5. The predicted molar refractivity (Wildman–Crippen MR) is 104 cm³/mol. The Morgan fingerprint density at radius 3 is 2.32 bits per heavy atom. The van der Waals surface area contributed by atoms with Crippen LogP contribution in [-0.2, 0) is 6.42 Å². The van der Waals surface area contributed by atoms with Crippen molar-refractivity contribution in [3.05, 3.63) is 76.9 Å². The molecule has 2 aromatic rings. The molecule has 3 heteroatoms. The summed E-state index contributed by atoms with van der Waals surface area (Å²) in [4.78, 5) is 0. The van der Waals surface area contributed by atoms with Crippen LogP contribution in [0.1, 0.15) is 36.1 Å². The number of phenols is 3. The van der Waals surface area contributed by atoms with Crippen molar-refractivity contribution in [3.63, 3.8) is 0 Å². The van der Waals surface area contributed by atoms with Crippen LogP contribution in [0.3, 0.4) is 0 Å². The standard InChI is InChI=1S/C22H24O3/c1-14(2)5-12-19-20(24)13-16(4)21(22(19)25)15(3)6-7-17-8-10-18(23)11-9-17/h5-11,13,23-25H,3,12H2,1-2,4H3. The third kappa shape index (κ3) is 4.54. The average molecular weight is 336 g/mol. The van der Waals surface area contributed by atoms with E-state index in [4.69, 9.17) is 0 Å². The SMILES string of the molecule is C=C(C=Cc1ccc(O)cc1)c1c(C)cc(O)c(CC=C(C)C)c1O. The number of hydrogen-bond acceptors (Lipinski definition) is 3. The van der Waals surface area contributed by atoms with Gasteiger partial charge in [-0.05, 0) is 62.1 Å². The summed E-state index contributed by atoms with van der Waals surface area (Å²) >= 11 is 0. The monoisotopic (exact) mass is 336 g/mol. The fraction of sp³-hybridized carbons (Fsp3) is 0.182. The minimum atomic E-state index is 0.0651. The zero-order valence-corrected chi connectivity index (χ0v) is 14.9.